The smallest absolute Gasteiger partial charge is 0.185 e. The fraction of sp³-hybridized carbons (Fsp3) is 0.304. The zero-order chi connectivity index (χ0) is 22.2. The largest absolute Gasteiger partial charge is 0.493 e. The number of ketones is 1. The molecule has 0 bridgehead atoms. The Balaban J connectivity index is 1.70. The second-order valence-electron chi connectivity index (χ2n) is 7.60. The average Bonchev–Trinajstić information content (AvgIpc) is 3.47. The molecule has 0 fully saturated rings. The summed E-state index contributed by atoms with van der Waals surface area (Å²) in [5.74, 6) is 1.84. The van der Waals surface area contributed by atoms with Gasteiger partial charge in [-0.3, -0.25) is 4.79 Å². The van der Waals surface area contributed by atoms with Gasteiger partial charge in [0.25, 0.3) is 0 Å². The molecule has 32 heavy (non-hydrogen) atoms. The van der Waals surface area contributed by atoms with Crippen LogP contribution in [0.3, 0.4) is 0 Å². The lowest BCUT2D eigenvalue weighted by Gasteiger charge is -2.21. The summed E-state index contributed by atoms with van der Waals surface area (Å²) < 4.78 is 23.5. The zero-order valence-corrected chi connectivity index (χ0v) is 18.0. The number of carbonyl (C=O) groups is 1. The van der Waals surface area contributed by atoms with Crippen LogP contribution in [0, 0.1) is 0 Å². The van der Waals surface area contributed by atoms with E-state index in [0.717, 1.165) is 22.6 Å². The summed E-state index contributed by atoms with van der Waals surface area (Å²) >= 11 is 0. The van der Waals surface area contributed by atoms with E-state index in [9.17, 15) is 4.79 Å². The second kappa shape index (κ2) is 8.08. The topological polar surface area (TPSA) is 101 Å². The lowest BCUT2D eigenvalue weighted by Crippen LogP contribution is -2.24. The van der Waals surface area contributed by atoms with Gasteiger partial charge in [0.05, 0.1) is 44.0 Å². The van der Waals surface area contributed by atoms with Gasteiger partial charge < -0.3 is 18.6 Å². The zero-order valence-electron chi connectivity index (χ0n) is 18.0. The predicted octanol–water partition coefficient (Wildman–Crippen LogP) is 3.46. The first-order valence-corrected chi connectivity index (χ1v) is 10.2. The van der Waals surface area contributed by atoms with Crippen molar-refractivity contribution >= 4 is 11.4 Å². The number of ether oxygens (including phenoxy) is 3. The molecule has 1 aliphatic carbocycles. The van der Waals surface area contributed by atoms with E-state index in [-0.39, 0.29) is 18.3 Å². The van der Waals surface area contributed by atoms with Crippen LogP contribution in [0.5, 0.6) is 11.5 Å². The van der Waals surface area contributed by atoms with Crippen molar-refractivity contribution in [2.75, 3.05) is 21.3 Å². The summed E-state index contributed by atoms with van der Waals surface area (Å²) in [6.07, 6.45) is 2.52. The monoisotopic (exact) mass is 434 g/mol. The quantitative estimate of drug-likeness (QED) is 0.455. The van der Waals surface area contributed by atoms with E-state index in [2.05, 4.69) is 10.2 Å². The van der Waals surface area contributed by atoms with Gasteiger partial charge in [0.15, 0.2) is 28.6 Å². The highest BCUT2D eigenvalue weighted by Crippen LogP contribution is 2.37. The number of methoxy groups -OCH3 is 3. The van der Waals surface area contributed by atoms with Gasteiger partial charge in [0.2, 0.25) is 0 Å². The maximum Gasteiger partial charge on any atom is 0.185 e. The Morgan fingerprint density at radius 1 is 1.09 bits per heavy atom. The van der Waals surface area contributed by atoms with Crippen molar-refractivity contribution in [1.82, 2.24) is 19.8 Å². The van der Waals surface area contributed by atoms with Crippen LogP contribution in [0.25, 0.3) is 16.8 Å². The number of rotatable bonds is 6. The maximum atomic E-state index is 12.8. The van der Waals surface area contributed by atoms with Crippen molar-refractivity contribution in [1.29, 1.82) is 0 Å². The molecule has 0 aliphatic heterocycles. The third kappa shape index (κ3) is 3.21. The van der Waals surface area contributed by atoms with Crippen LogP contribution in [0.2, 0.25) is 0 Å². The summed E-state index contributed by atoms with van der Waals surface area (Å²) in [5.41, 5.74) is 3.92. The Bertz CT molecular complexity index is 1300. The standard InChI is InChI=1S/C23H22N4O5/c1-29-12-15-21(13-6-7-19(30-2)20(11-13)31-3)23-25-24-22-16(27(23)26-15)9-14(10-17(22)28)18-5-4-8-32-18/h4-8,11,14H,9-10,12H2,1-3H3/t14-/m1/s1. The molecule has 1 aliphatic rings. The number of aromatic nitrogens is 4. The van der Waals surface area contributed by atoms with Gasteiger partial charge in [-0.2, -0.15) is 5.10 Å². The molecule has 3 aromatic heterocycles. The van der Waals surface area contributed by atoms with E-state index in [0.29, 0.717) is 41.4 Å². The molecule has 0 radical (unpaired) electrons. The molecule has 4 aromatic rings. The molecule has 0 N–H and O–H groups in total. The Labute approximate surface area is 183 Å². The Morgan fingerprint density at radius 2 is 1.94 bits per heavy atom. The van der Waals surface area contributed by atoms with Crippen molar-refractivity contribution in [3.05, 3.63) is 59.4 Å². The molecule has 0 unspecified atom stereocenters. The summed E-state index contributed by atoms with van der Waals surface area (Å²) in [4.78, 5) is 12.8. The van der Waals surface area contributed by atoms with E-state index < -0.39 is 0 Å². The molecule has 1 aromatic carbocycles. The van der Waals surface area contributed by atoms with Crippen LogP contribution in [-0.4, -0.2) is 46.9 Å². The van der Waals surface area contributed by atoms with Crippen molar-refractivity contribution < 1.29 is 23.4 Å². The molecule has 1 atom stereocenters. The highest BCUT2D eigenvalue weighted by molar-refractivity contribution is 5.97. The lowest BCUT2D eigenvalue weighted by atomic mass is 9.87. The van der Waals surface area contributed by atoms with Gasteiger partial charge in [-0.1, -0.05) is 6.07 Å². The molecule has 0 spiro atoms. The number of fused-ring (bicyclic) bond motifs is 3. The number of carbonyl (C=O) groups excluding carboxylic acids is 1. The molecule has 0 saturated heterocycles. The average molecular weight is 434 g/mol. The predicted molar refractivity (Wildman–Crippen MR) is 114 cm³/mol. The van der Waals surface area contributed by atoms with Crippen LogP contribution in [0.1, 0.15) is 40.0 Å². The van der Waals surface area contributed by atoms with Crippen LogP contribution < -0.4 is 9.47 Å². The number of hydrogen-bond acceptors (Lipinski definition) is 8. The minimum atomic E-state index is -0.0722. The van der Waals surface area contributed by atoms with Gasteiger partial charge in [-0.25, -0.2) is 4.52 Å². The highest BCUT2D eigenvalue weighted by Gasteiger charge is 2.33. The number of hydrogen-bond donors (Lipinski definition) is 0. The van der Waals surface area contributed by atoms with E-state index >= 15 is 0 Å². The normalized spacial score (nSPS) is 15.7. The van der Waals surface area contributed by atoms with Gasteiger partial charge >= 0.3 is 0 Å². The molecule has 0 saturated carbocycles. The molecule has 9 nitrogen and oxygen atoms in total. The van der Waals surface area contributed by atoms with E-state index in [1.54, 1.807) is 32.1 Å². The lowest BCUT2D eigenvalue weighted by molar-refractivity contribution is 0.0951. The van der Waals surface area contributed by atoms with Crippen molar-refractivity contribution in [3.63, 3.8) is 0 Å². The number of furan rings is 1. The summed E-state index contributed by atoms with van der Waals surface area (Å²) in [7, 11) is 4.79. The van der Waals surface area contributed by atoms with E-state index in [1.807, 2.05) is 30.3 Å². The minimum absolute atomic E-state index is 0.0708. The molecular weight excluding hydrogens is 412 g/mol. The molecule has 5 rings (SSSR count). The van der Waals surface area contributed by atoms with Crippen LogP contribution in [0.4, 0.5) is 0 Å². The van der Waals surface area contributed by atoms with Gasteiger partial charge in [-0.15, -0.1) is 10.2 Å². The van der Waals surface area contributed by atoms with Crippen molar-refractivity contribution in [2.24, 2.45) is 0 Å². The highest BCUT2D eigenvalue weighted by atomic mass is 16.5. The van der Waals surface area contributed by atoms with Crippen LogP contribution >= 0.6 is 0 Å². The summed E-state index contributed by atoms with van der Waals surface area (Å²) in [6, 6.07) is 9.33. The van der Waals surface area contributed by atoms with Crippen molar-refractivity contribution in [2.45, 2.75) is 25.4 Å². The van der Waals surface area contributed by atoms with Crippen molar-refractivity contribution in [3.8, 4) is 22.6 Å². The van der Waals surface area contributed by atoms with Gasteiger partial charge in [-0.05, 0) is 29.8 Å². The van der Waals surface area contributed by atoms with E-state index in [1.165, 1.54) is 0 Å². The first-order valence-electron chi connectivity index (χ1n) is 10.2. The Kier molecular flexibility index (Phi) is 5.10. The first-order chi connectivity index (χ1) is 15.6. The van der Waals surface area contributed by atoms with Gasteiger partial charge in [0.1, 0.15) is 5.76 Å². The fourth-order valence-corrected chi connectivity index (χ4v) is 4.26. The number of benzene rings is 1. The first kappa shape index (κ1) is 20.2. The second-order valence-corrected chi connectivity index (χ2v) is 7.60. The maximum absolute atomic E-state index is 12.8. The molecule has 3 heterocycles. The molecule has 164 valence electrons. The minimum Gasteiger partial charge on any atom is -0.493 e. The van der Waals surface area contributed by atoms with Crippen LogP contribution in [0.15, 0.2) is 41.0 Å². The SMILES string of the molecule is COCc1nn2c3c(nnc2c1-c1ccc(OC)c(OC)c1)C(=O)C[C@H](c1ccco1)C3. The third-order valence-electron chi connectivity index (χ3n) is 5.74. The summed E-state index contributed by atoms with van der Waals surface area (Å²) in [5, 5.41) is 13.5. The number of Topliss-reactive ketones (excluding diaryl/α,β-unsaturated/α-hetero) is 1. The fourth-order valence-electron chi connectivity index (χ4n) is 4.26. The van der Waals surface area contributed by atoms with Gasteiger partial charge in [0, 0.05) is 25.9 Å². The Morgan fingerprint density at radius 3 is 2.66 bits per heavy atom. The molecular formula is C23H22N4O5. The van der Waals surface area contributed by atoms with Crippen LogP contribution in [-0.2, 0) is 17.8 Å². The Hall–Kier alpha value is -3.72. The van der Waals surface area contributed by atoms with E-state index in [4.69, 9.17) is 23.7 Å². The third-order valence-corrected chi connectivity index (χ3v) is 5.74. The molecule has 0 amide bonds. The molecule has 9 heteroatoms. The number of nitrogens with zero attached hydrogens (tertiary/aromatic N) is 4. The summed E-state index contributed by atoms with van der Waals surface area (Å²) in [6.45, 7) is 0.275.